The highest BCUT2D eigenvalue weighted by Crippen LogP contribution is 2.20. The maximum absolute atomic E-state index is 4.62. The van der Waals surface area contributed by atoms with E-state index in [1.54, 1.807) is 0 Å². The maximum Gasteiger partial charge on any atom is 0.0699 e. The first-order valence-electron chi connectivity index (χ1n) is 27.8. The summed E-state index contributed by atoms with van der Waals surface area (Å²) < 4.78 is 0. The summed E-state index contributed by atoms with van der Waals surface area (Å²) in [6.45, 7) is 4.62. The molecule has 0 aliphatic carbocycles. The van der Waals surface area contributed by atoms with Crippen molar-refractivity contribution in [3.63, 3.8) is 0 Å². The van der Waals surface area contributed by atoms with E-state index in [2.05, 4.69) is 49.5 Å². The monoisotopic (exact) mass is 819 g/mol. The first-order valence-corrected chi connectivity index (χ1v) is 27.8. The van der Waals surface area contributed by atoms with Crippen LogP contribution in [0.3, 0.4) is 0 Å². The van der Waals surface area contributed by atoms with Crippen LogP contribution in [0, 0.1) is 0 Å². The molecule has 59 heavy (non-hydrogen) atoms. The molecule has 1 rings (SSSR count). The molecule has 1 radical (unpaired) electrons. The molecule has 0 aromatic rings. The highest BCUT2D eigenvalue weighted by atomic mass is 14.9. The van der Waals surface area contributed by atoms with Gasteiger partial charge in [-0.15, -0.1) is 0 Å². The fourth-order valence-corrected chi connectivity index (χ4v) is 9.14. The minimum atomic E-state index is 1.15. The van der Waals surface area contributed by atoms with Crippen molar-refractivity contribution >= 4 is 0 Å². The van der Waals surface area contributed by atoms with Gasteiger partial charge in [0.15, 0.2) is 0 Å². The third-order valence-corrected chi connectivity index (χ3v) is 13.3. The first-order chi connectivity index (χ1) is 29.4. The molecule has 0 bridgehead atoms. The quantitative estimate of drug-likeness (QED) is 0.0543. The van der Waals surface area contributed by atoms with E-state index in [-0.39, 0.29) is 0 Å². The van der Waals surface area contributed by atoms with Gasteiger partial charge in [-0.05, 0) is 37.8 Å². The molecule has 1 heterocycles. The molecule has 0 aromatic heterocycles. The summed E-state index contributed by atoms with van der Waals surface area (Å²) in [4.78, 5) is 0. The average Bonchev–Trinajstić information content (AvgIpc) is 3.70. The van der Waals surface area contributed by atoms with Crippen LogP contribution < -0.4 is 5.32 Å². The van der Waals surface area contributed by atoms with Crippen molar-refractivity contribution in [3.8, 4) is 0 Å². The lowest BCUT2D eigenvalue weighted by atomic mass is 10.0. The Morgan fingerprint density at radius 2 is 0.508 bits per heavy atom. The van der Waals surface area contributed by atoms with Gasteiger partial charge in [0.25, 0.3) is 0 Å². The average molecular weight is 820 g/mol. The predicted octanol–water partition coefficient (Wildman–Crippen LogP) is 21.2. The van der Waals surface area contributed by atoms with Crippen LogP contribution in [0.5, 0.6) is 0 Å². The van der Waals surface area contributed by atoms with Crippen LogP contribution in [0.4, 0.5) is 0 Å². The van der Waals surface area contributed by atoms with Gasteiger partial charge >= 0.3 is 0 Å². The summed E-state index contributed by atoms with van der Waals surface area (Å²) in [5.74, 6) is 0. The number of hydrogen-bond donors (Lipinski definition) is 0. The van der Waals surface area contributed by atoms with Crippen molar-refractivity contribution < 1.29 is 0 Å². The minimum absolute atomic E-state index is 1.15. The van der Waals surface area contributed by atoms with E-state index in [9.17, 15) is 0 Å². The molecule has 0 N–H and O–H groups in total. The normalized spacial score (nSPS) is 13.0. The van der Waals surface area contributed by atoms with Crippen molar-refractivity contribution in [3.05, 3.63) is 47.9 Å². The van der Waals surface area contributed by atoms with Gasteiger partial charge in [-0.3, -0.25) is 5.32 Å². The Hall–Kier alpha value is -1.24. The zero-order chi connectivity index (χ0) is 42.0. The van der Waals surface area contributed by atoms with E-state index in [1.807, 2.05) is 6.20 Å². The summed E-state index contributed by atoms with van der Waals surface area (Å²) >= 11 is 0. The standard InChI is InChI=1S/C58H108N/c1-3-5-7-9-11-13-15-17-19-21-23-25-27-29-31-33-35-37-39-41-43-45-47-49-51-53-57-55-56-59-58(57)54-52-50-48-46-44-42-40-38-36-34-32-30-28-26-24-22-20-18-16-14-12-10-8-6-4-2/h51-56H,3-50H2,1-2H3/b53-51+,54-52+. The van der Waals surface area contributed by atoms with Crippen LogP contribution in [0.25, 0.3) is 0 Å². The molecule has 1 aliphatic heterocycles. The number of allylic oxidation sites excluding steroid dienone is 6. The zero-order valence-corrected chi connectivity index (χ0v) is 40.9. The first kappa shape index (κ1) is 55.8. The number of unbranched alkanes of at least 4 members (excludes halogenated alkanes) is 46. The summed E-state index contributed by atoms with van der Waals surface area (Å²) in [7, 11) is 0. The third kappa shape index (κ3) is 43.2. The Morgan fingerprint density at radius 3 is 0.763 bits per heavy atom. The van der Waals surface area contributed by atoms with E-state index in [0.29, 0.717) is 0 Å². The topological polar surface area (TPSA) is 14.1 Å². The van der Waals surface area contributed by atoms with Crippen molar-refractivity contribution in [1.82, 2.24) is 5.32 Å². The molecular formula is C58H108N. The number of nitrogens with zero attached hydrogens (tertiary/aromatic N) is 1. The zero-order valence-electron chi connectivity index (χ0n) is 40.9. The Labute approximate surface area is 373 Å². The van der Waals surface area contributed by atoms with Gasteiger partial charge in [-0.25, -0.2) is 0 Å². The molecule has 1 aliphatic rings. The van der Waals surface area contributed by atoms with Gasteiger partial charge in [-0.2, -0.15) is 0 Å². The fraction of sp³-hybridized carbons (Fsp3) is 0.862. The predicted molar refractivity (Wildman–Crippen MR) is 270 cm³/mol. The van der Waals surface area contributed by atoms with Crippen LogP contribution in [-0.4, -0.2) is 0 Å². The molecule has 0 aromatic carbocycles. The maximum atomic E-state index is 4.62. The van der Waals surface area contributed by atoms with Crippen LogP contribution in [0.2, 0.25) is 0 Å². The summed E-state index contributed by atoms with van der Waals surface area (Å²) in [5, 5.41) is 4.62. The molecule has 0 saturated heterocycles. The van der Waals surface area contributed by atoms with Crippen LogP contribution in [0.1, 0.15) is 322 Å². The Kier molecular flexibility index (Phi) is 46.7. The second kappa shape index (κ2) is 49.4. The van der Waals surface area contributed by atoms with E-state index in [1.165, 1.54) is 314 Å². The molecule has 0 saturated carbocycles. The smallest absolute Gasteiger partial charge is 0.0699 e. The van der Waals surface area contributed by atoms with E-state index in [0.717, 1.165) is 5.70 Å². The summed E-state index contributed by atoms with van der Waals surface area (Å²) in [6, 6.07) is 0. The van der Waals surface area contributed by atoms with Gasteiger partial charge in [-0.1, -0.05) is 315 Å². The Bertz CT molecular complexity index is 922. The molecule has 1 heteroatoms. The largest absolute Gasteiger partial charge is 0.256 e. The van der Waals surface area contributed by atoms with E-state index in [4.69, 9.17) is 0 Å². The van der Waals surface area contributed by atoms with Crippen molar-refractivity contribution in [2.24, 2.45) is 0 Å². The Morgan fingerprint density at radius 1 is 0.288 bits per heavy atom. The molecule has 0 spiro atoms. The van der Waals surface area contributed by atoms with E-state index >= 15 is 0 Å². The van der Waals surface area contributed by atoms with Gasteiger partial charge in [0.05, 0.1) is 5.70 Å². The molecule has 0 unspecified atom stereocenters. The molecular weight excluding hydrogens is 711 g/mol. The number of rotatable bonds is 50. The third-order valence-electron chi connectivity index (χ3n) is 13.3. The van der Waals surface area contributed by atoms with Crippen molar-refractivity contribution in [2.75, 3.05) is 0 Å². The van der Waals surface area contributed by atoms with Crippen LogP contribution in [0.15, 0.2) is 47.9 Å². The fourth-order valence-electron chi connectivity index (χ4n) is 9.14. The molecule has 0 atom stereocenters. The lowest BCUT2D eigenvalue weighted by molar-refractivity contribution is 0.518. The summed E-state index contributed by atoms with van der Waals surface area (Å²) in [6.07, 6.45) is 82.6. The van der Waals surface area contributed by atoms with E-state index < -0.39 is 0 Å². The van der Waals surface area contributed by atoms with Gasteiger partial charge < -0.3 is 0 Å². The highest BCUT2D eigenvalue weighted by Gasteiger charge is 2.04. The van der Waals surface area contributed by atoms with Crippen molar-refractivity contribution in [1.29, 1.82) is 0 Å². The summed E-state index contributed by atoms with van der Waals surface area (Å²) in [5.41, 5.74) is 2.44. The minimum Gasteiger partial charge on any atom is -0.256 e. The number of hydrogen-bond acceptors (Lipinski definition) is 0. The molecule has 345 valence electrons. The molecule has 0 fully saturated rings. The van der Waals surface area contributed by atoms with Crippen LogP contribution in [-0.2, 0) is 0 Å². The van der Waals surface area contributed by atoms with Crippen molar-refractivity contribution in [2.45, 2.75) is 322 Å². The molecule has 0 amide bonds. The Balaban J connectivity index is 1.80. The van der Waals surface area contributed by atoms with Gasteiger partial charge in [0.1, 0.15) is 0 Å². The lowest BCUT2D eigenvalue weighted by Gasteiger charge is -2.04. The highest BCUT2D eigenvalue weighted by molar-refractivity contribution is 5.44. The lowest BCUT2D eigenvalue weighted by Crippen LogP contribution is -1.89. The van der Waals surface area contributed by atoms with Gasteiger partial charge in [0, 0.05) is 11.8 Å². The SMILES string of the molecule is CCCCCCCCCCCCCCCCCCCCCCCCC/C=C/C1=C(/C=C/CCCCCCCCCCCCCCCCCCCCCCCCC)[N]C=C1. The second-order valence-corrected chi connectivity index (χ2v) is 19.2. The van der Waals surface area contributed by atoms with Gasteiger partial charge in [0.2, 0.25) is 0 Å². The second-order valence-electron chi connectivity index (χ2n) is 19.2. The molecule has 1 nitrogen and oxygen atoms in total. The van der Waals surface area contributed by atoms with Crippen LogP contribution >= 0.6 is 0 Å².